The van der Waals surface area contributed by atoms with Crippen LogP contribution in [0.3, 0.4) is 0 Å². The Morgan fingerprint density at radius 1 is 1.25 bits per heavy atom. The minimum absolute atomic E-state index is 0.0882. The second-order valence-electron chi connectivity index (χ2n) is 7.62. The van der Waals surface area contributed by atoms with Gasteiger partial charge in [0, 0.05) is 12.1 Å². The van der Waals surface area contributed by atoms with Crippen molar-refractivity contribution >= 4 is 23.2 Å². The number of amides is 1. The first-order chi connectivity index (χ1) is 13.4. The quantitative estimate of drug-likeness (QED) is 0.745. The van der Waals surface area contributed by atoms with E-state index in [2.05, 4.69) is 5.32 Å². The van der Waals surface area contributed by atoms with Crippen LogP contribution in [0.25, 0.3) is 0 Å². The first-order valence-corrected chi connectivity index (χ1v) is 10.1. The molecule has 1 aliphatic rings. The average molecular weight is 397 g/mol. The van der Waals surface area contributed by atoms with Crippen LogP contribution in [0, 0.1) is 24.2 Å². The van der Waals surface area contributed by atoms with Gasteiger partial charge in [-0.1, -0.05) is 55.1 Å². The Hall–Kier alpha value is -2.35. The van der Waals surface area contributed by atoms with E-state index in [4.69, 9.17) is 16.9 Å². The van der Waals surface area contributed by atoms with Gasteiger partial charge in [-0.15, -0.1) is 0 Å². The lowest BCUT2D eigenvalue weighted by atomic mass is 9.73. The zero-order valence-corrected chi connectivity index (χ0v) is 16.8. The number of halogens is 1. The molecule has 0 spiro atoms. The second kappa shape index (κ2) is 8.77. The highest BCUT2D eigenvalue weighted by atomic mass is 35.5. The van der Waals surface area contributed by atoms with Crippen molar-refractivity contribution in [1.29, 1.82) is 5.26 Å². The molecule has 1 amide bonds. The van der Waals surface area contributed by atoms with Crippen molar-refractivity contribution in [3.8, 4) is 6.07 Å². The predicted molar refractivity (Wildman–Crippen MR) is 111 cm³/mol. The number of benzene rings is 2. The van der Waals surface area contributed by atoms with Gasteiger partial charge in [0.1, 0.15) is 11.7 Å². The Morgan fingerprint density at radius 2 is 1.96 bits per heavy atom. The van der Waals surface area contributed by atoms with Crippen molar-refractivity contribution in [2.24, 2.45) is 5.92 Å². The fourth-order valence-corrected chi connectivity index (χ4v) is 4.23. The smallest absolute Gasteiger partial charge is 0.256 e. The summed E-state index contributed by atoms with van der Waals surface area (Å²) in [6.07, 6.45) is 5.14. The molecule has 0 bridgehead atoms. The van der Waals surface area contributed by atoms with E-state index in [1.54, 1.807) is 18.2 Å². The predicted octanol–water partition coefficient (Wildman–Crippen LogP) is 5.01. The lowest BCUT2D eigenvalue weighted by molar-refractivity contribution is -0.141. The highest BCUT2D eigenvalue weighted by Crippen LogP contribution is 2.36. The topological polar surface area (TPSA) is 73.1 Å². The number of anilines is 1. The maximum Gasteiger partial charge on any atom is 0.256 e. The van der Waals surface area contributed by atoms with Crippen LogP contribution in [0.5, 0.6) is 0 Å². The summed E-state index contributed by atoms with van der Waals surface area (Å²) >= 11 is 6.09. The second-order valence-corrected chi connectivity index (χ2v) is 8.03. The standard InChI is InChI=1S/C23H25ClN2O2/c1-16-7-5-6-8-17(16)14-23(28,19-9-3-2-4-10-19)22(27)26-20-12-11-18(15-25)21(24)13-20/h5-8,11-13,19,28H,2-4,9-10,14H2,1H3,(H,26,27). The van der Waals surface area contributed by atoms with E-state index in [1.807, 2.05) is 37.3 Å². The summed E-state index contributed by atoms with van der Waals surface area (Å²) < 4.78 is 0. The number of aliphatic hydroxyl groups is 1. The van der Waals surface area contributed by atoms with Gasteiger partial charge in [-0.3, -0.25) is 4.79 Å². The Labute approximate surface area is 171 Å². The van der Waals surface area contributed by atoms with Crippen molar-refractivity contribution in [1.82, 2.24) is 0 Å². The van der Waals surface area contributed by atoms with E-state index < -0.39 is 11.5 Å². The Balaban J connectivity index is 1.89. The molecule has 1 atom stereocenters. The van der Waals surface area contributed by atoms with E-state index in [-0.39, 0.29) is 17.4 Å². The molecular weight excluding hydrogens is 372 g/mol. The minimum Gasteiger partial charge on any atom is -0.379 e. The number of nitriles is 1. The fraction of sp³-hybridized carbons (Fsp3) is 0.391. The summed E-state index contributed by atoms with van der Waals surface area (Å²) in [4.78, 5) is 13.2. The summed E-state index contributed by atoms with van der Waals surface area (Å²) in [5.41, 5.74) is 1.37. The molecule has 1 fully saturated rings. The van der Waals surface area contributed by atoms with E-state index >= 15 is 0 Å². The lowest BCUT2D eigenvalue weighted by Gasteiger charge is -2.37. The van der Waals surface area contributed by atoms with Crippen molar-refractivity contribution in [3.05, 3.63) is 64.2 Å². The number of hydrogen-bond donors (Lipinski definition) is 2. The number of nitrogens with zero attached hydrogens (tertiary/aromatic N) is 1. The zero-order chi connectivity index (χ0) is 20.1. The highest BCUT2D eigenvalue weighted by Gasteiger charge is 2.44. The lowest BCUT2D eigenvalue weighted by Crippen LogP contribution is -2.51. The third-order valence-corrected chi connectivity index (χ3v) is 6.06. The van der Waals surface area contributed by atoms with Crippen LogP contribution in [0.15, 0.2) is 42.5 Å². The molecule has 5 heteroatoms. The summed E-state index contributed by atoms with van der Waals surface area (Å²) in [5, 5.41) is 23.7. The van der Waals surface area contributed by atoms with E-state index in [0.717, 1.165) is 43.2 Å². The molecule has 4 nitrogen and oxygen atoms in total. The van der Waals surface area contributed by atoms with E-state index in [9.17, 15) is 9.90 Å². The molecule has 1 saturated carbocycles. The largest absolute Gasteiger partial charge is 0.379 e. The molecule has 0 aliphatic heterocycles. The number of hydrogen-bond acceptors (Lipinski definition) is 3. The third-order valence-electron chi connectivity index (χ3n) is 5.74. The first kappa shape index (κ1) is 20.4. The molecule has 0 saturated heterocycles. The Kier molecular flexibility index (Phi) is 6.39. The number of rotatable bonds is 5. The Bertz CT molecular complexity index is 900. The molecule has 0 heterocycles. The van der Waals surface area contributed by atoms with Gasteiger partial charge in [0.15, 0.2) is 0 Å². The maximum atomic E-state index is 13.2. The van der Waals surface area contributed by atoms with E-state index in [0.29, 0.717) is 11.3 Å². The minimum atomic E-state index is -1.49. The van der Waals surface area contributed by atoms with Crippen molar-refractivity contribution in [2.45, 2.75) is 51.0 Å². The average Bonchev–Trinajstić information content (AvgIpc) is 2.70. The normalized spacial score (nSPS) is 16.8. The summed E-state index contributed by atoms with van der Waals surface area (Å²) in [6.45, 7) is 1.99. The third kappa shape index (κ3) is 4.38. The Morgan fingerprint density at radius 3 is 2.61 bits per heavy atom. The molecule has 1 unspecified atom stereocenters. The summed E-state index contributed by atoms with van der Waals surface area (Å²) in [6, 6.07) is 14.6. The zero-order valence-electron chi connectivity index (χ0n) is 16.0. The number of carbonyl (C=O) groups is 1. The fourth-order valence-electron chi connectivity index (χ4n) is 4.01. The van der Waals surface area contributed by atoms with Gasteiger partial charge in [0.2, 0.25) is 0 Å². The first-order valence-electron chi connectivity index (χ1n) is 9.72. The van der Waals surface area contributed by atoms with Crippen LogP contribution in [0.4, 0.5) is 5.69 Å². The molecular formula is C23H25ClN2O2. The SMILES string of the molecule is Cc1ccccc1CC(O)(C(=O)Nc1ccc(C#N)c(Cl)c1)C1CCCCC1. The summed E-state index contributed by atoms with van der Waals surface area (Å²) in [5.74, 6) is -0.502. The van der Waals surface area contributed by atoms with Crippen molar-refractivity contribution < 1.29 is 9.90 Å². The molecule has 2 N–H and O–H groups in total. The van der Waals surface area contributed by atoms with Gasteiger partial charge in [0.25, 0.3) is 5.91 Å². The molecule has 3 rings (SSSR count). The van der Waals surface area contributed by atoms with Gasteiger partial charge in [-0.05, 0) is 55.0 Å². The van der Waals surface area contributed by atoms with Gasteiger partial charge in [-0.2, -0.15) is 5.26 Å². The molecule has 0 radical (unpaired) electrons. The van der Waals surface area contributed by atoms with Crippen LogP contribution in [0.1, 0.15) is 48.8 Å². The van der Waals surface area contributed by atoms with Crippen LogP contribution < -0.4 is 5.32 Å². The number of carbonyl (C=O) groups excluding carboxylic acids is 1. The van der Waals surface area contributed by atoms with Crippen molar-refractivity contribution in [2.75, 3.05) is 5.32 Å². The molecule has 146 valence electrons. The van der Waals surface area contributed by atoms with Gasteiger partial charge in [0.05, 0.1) is 10.6 Å². The van der Waals surface area contributed by atoms with E-state index in [1.165, 1.54) is 0 Å². The van der Waals surface area contributed by atoms with Crippen LogP contribution in [-0.2, 0) is 11.2 Å². The number of nitrogens with one attached hydrogen (secondary N) is 1. The molecule has 2 aromatic rings. The molecule has 2 aromatic carbocycles. The van der Waals surface area contributed by atoms with Crippen LogP contribution in [-0.4, -0.2) is 16.6 Å². The van der Waals surface area contributed by atoms with Crippen LogP contribution >= 0.6 is 11.6 Å². The number of aryl methyl sites for hydroxylation is 1. The van der Waals surface area contributed by atoms with Crippen LogP contribution in [0.2, 0.25) is 5.02 Å². The van der Waals surface area contributed by atoms with Crippen molar-refractivity contribution in [3.63, 3.8) is 0 Å². The highest BCUT2D eigenvalue weighted by molar-refractivity contribution is 6.32. The van der Waals surface area contributed by atoms with Gasteiger partial charge in [-0.25, -0.2) is 0 Å². The monoisotopic (exact) mass is 396 g/mol. The molecule has 28 heavy (non-hydrogen) atoms. The van der Waals surface area contributed by atoms with Gasteiger partial charge < -0.3 is 10.4 Å². The summed E-state index contributed by atoms with van der Waals surface area (Å²) in [7, 11) is 0. The van der Waals surface area contributed by atoms with Gasteiger partial charge >= 0.3 is 0 Å². The molecule has 0 aromatic heterocycles. The molecule has 1 aliphatic carbocycles. The maximum absolute atomic E-state index is 13.2.